The van der Waals surface area contributed by atoms with E-state index < -0.39 is 28.5 Å². The van der Waals surface area contributed by atoms with Crippen LogP contribution in [0.1, 0.15) is 28.8 Å². The summed E-state index contributed by atoms with van der Waals surface area (Å²) in [5.74, 6) is -1.13. The number of carbonyl (C=O) groups is 2. The molecule has 30 heavy (non-hydrogen) atoms. The Morgan fingerprint density at radius 1 is 1.10 bits per heavy atom. The predicted octanol–water partition coefficient (Wildman–Crippen LogP) is 2.25. The standard InChI is InChI=1S/C21H24N2O6S/c1-15-4-8-17(9-5-15)23-30(26,27)19-10-6-16(7-11-19)21(25)29-14-20(24)22-13-18-3-2-12-28-18/h4-11,18,23H,2-3,12-14H2,1H3,(H,22,24)/t18-/m1/s1. The number of benzene rings is 2. The van der Waals surface area contributed by atoms with Gasteiger partial charge in [-0.1, -0.05) is 17.7 Å². The molecule has 0 radical (unpaired) electrons. The molecule has 8 nitrogen and oxygen atoms in total. The molecule has 1 heterocycles. The van der Waals surface area contributed by atoms with Crippen molar-refractivity contribution in [3.05, 3.63) is 59.7 Å². The molecular formula is C21H24N2O6S. The molecule has 1 aliphatic heterocycles. The highest BCUT2D eigenvalue weighted by Crippen LogP contribution is 2.17. The molecule has 2 aromatic rings. The van der Waals surface area contributed by atoms with Crippen LogP contribution in [0.4, 0.5) is 5.69 Å². The van der Waals surface area contributed by atoms with E-state index in [4.69, 9.17) is 9.47 Å². The summed E-state index contributed by atoms with van der Waals surface area (Å²) in [4.78, 5) is 23.9. The first-order valence-electron chi connectivity index (χ1n) is 9.58. The van der Waals surface area contributed by atoms with Gasteiger partial charge >= 0.3 is 5.97 Å². The van der Waals surface area contributed by atoms with Gasteiger partial charge in [0.25, 0.3) is 15.9 Å². The van der Waals surface area contributed by atoms with Gasteiger partial charge in [0.05, 0.1) is 16.6 Å². The third-order valence-electron chi connectivity index (χ3n) is 4.59. The number of ether oxygens (including phenoxy) is 2. The van der Waals surface area contributed by atoms with E-state index in [0.29, 0.717) is 18.8 Å². The zero-order chi connectivity index (χ0) is 21.6. The maximum Gasteiger partial charge on any atom is 0.338 e. The molecule has 1 amide bonds. The zero-order valence-corrected chi connectivity index (χ0v) is 17.4. The van der Waals surface area contributed by atoms with E-state index in [-0.39, 0.29) is 16.6 Å². The third kappa shape index (κ3) is 6.04. The van der Waals surface area contributed by atoms with E-state index in [0.717, 1.165) is 18.4 Å². The molecule has 0 bridgehead atoms. The van der Waals surface area contributed by atoms with Crippen LogP contribution < -0.4 is 10.0 Å². The second-order valence-electron chi connectivity index (χ2n) is 7.01. The van der Waals surface area contributed by atoms with Gasteiger partial charge in [-0.3, -0.25) is 9.52 Å². The topological polar surface area (TPSA) is 111 Å². The van der Waals surface area contributed by atoms with Crippen molar-refractivity contribution in [1.82, 2.24) is 5.32 Å². The molecule has 1 saturated heterocycles. The first-order chi connectivity index (χ1) is 14.3. The summed E-state index contributed by atoms with van der Waals surface area (Å²) < 4.78 is 37.8. The van der Waals surface area contributed by atoms with Gasteiger partial charge in [0.2, 0.25) is 0 Å². The maximum absolute atomic E-state index is 12.5. The van der Waals surface area contributed by atoms with Gasteiger partial charge in [-0.15, -0.1) is 0 Å². The van der Waals surface area contributed by atoms with E-state index in [1.54, 1.807) is 24.3 Å². The van der Waals surface area contributed by atoms with Gasteiger partial charge in [0, 0.05) is 18.8 Å². The van der Waals surface area contributed by atoms with E-state index in [2.05, 4.69) is 10.0 Å². The molecule has 160 valence electrons. The van der Waals surface area contributed by atoms with Crippen LogP contribution in [0.5, 0.6) is 0 Å². The van der Waals surface area contributed by atoms with Crippen LogP contribution in [0.15, 0.2) is 53.4 Å². The van der Waals surface area contributed by atoms with Gasteiger partial charge < -0.3 is 14.8 Å². The van der Waals surface area contributed by atoms with E-state index in [1.165, 1.54) is 24.3 Å². The van der Waals surface area contributed by atoms with Crippen molar-refractivity contribution in [2.45, 2.75) is 30.8 Å². The average molecular weight is 432 g/mol. The summed E-state index contributed by atoms with van der Waals surface area (Å²) in [6.07, 6.45) is 1.88. The van der Waals surface area contributed by atoms with Crippen LogP contribution in [0.2, 0.25) is 0 Å². The lowest BCUT2D eigenvalue weighted by Gasteiger charge is -2.11. The van der Waals surface area contributed by atoms with Crippen molar-refractivity contribution in [3.63, 3.8) is 0 Å². The fraction of sp³-hybridized carbons (Fsp3) is 0.333. The molecule has 0 spiro atoms. The Kier molecular flexibility index (Phi) is 7.07. The lowest BCUT2D eigenvalue weighted by Crippen LogP contribution is -2.34. The Bertz CT molecular complexity index is 981. The Morgan fingerprint density at radius 2 is 1.80 bits per heavy atom. The van der Waals surface area contributed by atoms with E-state index in [9.17, 15) is 18.0 Å². The predicted molar refractivity (Wildman–Crippen MR) is 111 cm³/mol. The fourth-order valence-electron chi connectivity index (χ4n) is 2.90. The minimum atomic E-state index is -3.79. The van der Waals surface area contributed by atoms with Gasteiger partial charge in [0.15, 0.2) is 6.61 Å². The second-order valence-corrected chi connectivity index (χ2v) is 8.69. The lowest BCUT2D eigenvalue weighted by atomic mass is 10.2. The fourth-order valence-corrected chi connectivity index (χ4v) is 3.96. The number of anilines is 1. The summed E-state index contributed by atoms with van der Waals surface area (Å²) in [5.41, 5.74) is 1.61. The van der Waals surface area contributed by atoms with Crippen LogP contribution in [-0.4, -0.2) is 46.2 Å². The average Bonchev–Trinajstić information content (AvgIpc) is 3.26. The number of aryl methyl sites for hydroxylation is 1. The van der Waals surface area contributed by atoms with Crippen molar-refractivity contribution in [2.75, 3.05) is 24.5 Å². The van der Waals surface area contributed by atoms with Crippen molar-refractivity contribution < 1.29 is 27.5 Å². The number of nitrogens with one attached hydrogen (secondary N) is 2. The van der Waals surface area contributed by atoms with Crippen molar-refractivity contribution >= 4 is 27.6 Å². The van der Waals surface area contributed by atoms with Crippen LogP contribution in [0.25, 0.3) is 0 Å². The number of hydrogen-bond acceptors (Lipinski definition) is 6. The SMILES string of the molecule is Cc1ccc(NS(=O)(=O)c2ccc(C(=O)OCC(=O)NC[C@H]3CCCO3)cc2)cc1. The molecule has 0 saturated carbocycles. The normalized spacial score (nSPS) is 16.1. The number of esters is 1. The lowest BCUT2D eigenvalue weighted by molar-refractivity contribution is -0.124. The number of carbonyl (C=O) groups excluding carboxylic acids is 2. The molecule has 0 aliphatic carbocycles. The first-order valence-corrected chi connectivity index (χ1v) is 11.1. The van der Waals surface area contributed by atoms with Gasteiger partial charge in [-0.05, 0) is 56.2 Å². The van der Waals surface area contributed by atoms with Gasteiger partial charge in [0.1, 0.15) is 0 Å². The molecule has 0 unspecified atom stereocenters. The number of amides is 1. The summed E-state index contributed by atoms with van der Waals surface area (Å²) in [6.45, 7) is 2.57. The van der Waals surface area contributed by atoms with E-state index >= 15 is 0 Å². The molecule has 2 N–H and O–H groups in total. The Morgan fingerprint density at radius 3 is 2.43 bits per heavy atom. The quantitative estimate of drug-likeness (QED) is 0.619. The monoisotopic (exact) mass is 432 g/mol. The van der Waals surface area contributed by atoms with Gasteiger partial charge in [-0.2, -0.15) is 0 Å². The van der Waals surface area contributed by atoms with Crippen LogP contribution in [-0.2, 0) is 24.3 Å². The van der Waals surface area contributed by atoms with Crippen LogP contribution in [0, 0.1) is 6.92 Å². The molecule has 9 heteroatoms. The highest BCUT2D eigenvalue weighted by molar-refractivity contribution is 7.92. The number of rotatable bonds is 8. The first kappa shape index (κ1) is 21.8. The summed E-state index contributed by atoms with van der Waals surface area (Å²) in [7, 11) is -3.79. The van der Waals surface area contributed by atoms with Crippen molar-refractivity contribution in [1.29, 1.82) is 0 Å². The maximum atomic E-state index is 12.5. The molecule has 1 fully saturated rings. The minimum Gasteiger partial charge on any atom is -0.452 e. The molecule has 1 aliphatic rings. The summed E-state index contributed by atoms with van der Waals surface area (Å²) in [6, 6.07) is 12.2. The Hall–Kier alpha value is -2.91. The van der Waals surface area contributed by atoms with Crippen molar-refractivity contribution in [3.8, 4) is 0 Å². The molecule has 1 atom stereocenters. The largest absolute Gasteiger partial charge is 0.452 e. The summed E-state index contributed by atoms with van der Waals surface area (Å²) >= 11 is 0. The number of sulfonamides is 1. The van der Waals surface area contributed by atoms with Crippen molar-refractivity contribution in [2.24, 2.45) is 0 Å². The van der Waals surface area contributed by atoms with Crippen LogP contribution >= 0.6 is 0 Å². The molecule has 0 aromatic heterocycles. The Labute approximate surface area is 175 Å². The van der Waals surface area contributed by atoms with Gasteiger partial charge in [-0.25, -0.2) is 13.2 Å². The number of hydrogen-bond donors (Lipinski definition) is 2. The zero-order valence-electron chi connectivity index (χ0n) is 16.6. The van der Waals surface area contributed by atoms with Crippen LogP contribution in [0.3, 0.4) is 0 Å². The Balaban J connectivity index is 1.51. The highest BCUT2D eigenvalue weighted by Gasteiger charge is 2.18. The molecule has 2 aromatic carbocycles. The summed E-state index contributed by atoms with van der Waals surface area (Å²) in [5, 5.41) is 2.66. The molecule has 3 rings (SSSR count). The smallest absolute Gasteiger partial charge is 0.338 e. The molecular weight excluding hydrogens is 408 g/mol. The minimum absolute atomic E-state index is 0.00710. The third-order valence-corrected chi connectivity index (χ3v) is 5.99. The highest BCUT2D eigenvalue weighted by atomic mass is 32.2. The van der Waals surface area contributed by atoms with E-state index in [1.807, 2.05) is 6.92 Å². The second kappa shape index (κ2) is 9.73.